The molecule has 0 saturated heterocycles. The zero-order valence-corrected chi connectivity index (χ0v) is 18.6. The van der Waals surface area contributed by atoms with Crippen molar-refractivity contribution >= 4 is 29.9 Å². The molecule has 28 heavy (non-hydrogen) atoms. The van der Waals surface area contributed by atoms with Gasteiger partial charge in [-0.1, -0.05) is 26.0 Å². The largest absolute Gasteiger partial charge is 0.416 e. The molecule has 2 aromatic rings. The van der Waals surface area contributed by atoms with Gasteiger partial charge in [-0.05, 0) is 30.0 Å². The fraction of sp³-hybridized carbons (Fsp3) is 0.474. The van der Waals surface area contributed by atoms with Crippen LogP contribution in [-0.2, 0) is 25.7 Å². The van der Waals surface area contributed by atoms with Crippen molar-refractivity contribution < 1.29 is 13.2 Å². The molecule has 0 aliphatic rings. The van der Waals surface area contributed by atoms with Crippen molar-refractivity contribution in [3.63, 3.8) is 0 Å². The van der Waals surface area contributed by atoms with Crippen LogP contribution in [-0.4, -0.2) is 29.1 Å². The lowest BCUT2D eigenvalue weighted by Gasteiger charge is -2.14. The first-order valence-corrected chi connectivity index (χ1v) is 8.90. The maximum Gasteiger partial charge on any atom is 0.416 e. The van der Waals surface area contributed by atoms with Crippen LogP contribution in [0.1, 0.15) is 30.8 Å². The second-order valence-electron chi connectivity index (χ2n) is 6.69. The van der Waals surface area contributed by atoms with Crippen LogP contribution in [0.2, 0.25) is 0 Å². The highest BCUT2D eigenvalue weighted by molar-refractivity contribution is 14.0. The van der Waals surface area contributed by atoms with Gasteiger partial charge < -0.3 is 15.2 Å². The van der Waals surface area contributed by atoms with Gasteiger partial charge in [-0.2, -0.15) is 13.2 Å². The minimum absolute atomic E-state index is 0. The molecule has 0 aliphatic heterocycles. The van der Waals surface area contributed by atoms with E-state index in [1.165, 1.54) is 12.1 Å². The van der Waals surface area contributed by atoms with Gasteiger partial charge in [0.05, 0.1) is 12.1 Å². The molecule has 1 aromatic carbocycles. The van der Waals surface area contributed by atoms with Gasteiger partial charge in [0.1, 0.15) is 5.82 Å². The average molecular weight is 509 g/mol. The quantitative estimate of drug-likeness (QED) is 0.336. The van der Waals surface area contributed by atoms with Crippen LogP contribution in [0, 0.1) is 5.92 Å². The molecule has 0 radical (unpaired) electrons. The van der Waals surface area contributed by atoms with E-state index in [2.05, 4.69) is 39.0 Å². The normalized spacial score (nSPS) is 12.0. The van der Waals surface area contributed by atoms with Crippen molar-refractivity contribution in [2.75, 3.05) is 13.6 Å². The fourth-order valence-corrected chi connectivity index (χ4v) is 2.64. The summed E-state index contributed by atoms with van der Waals surface area (Å²) >= 11 is 0. The zero-order valence-electron chi connectivity index (χ0n) is 16.3. The molecular weight excluding hydrogens is 482 g/mol. The number of hydrogen-bond donors (Lipinski definition) is 2. The van der Waals surface area contributed by atoms with Crippen LogP contribution in [0.4, 0.5) is 13.2 Å². The van der Waals surface area contributed by atoms with E-state index >= 15 is 0 Å². The third-order valence-corrected chi connectivity index (χ3v) is 3.99. The molecule has 1 aromatic heterocycles. The van der Waals surface area contributed by atoms with Gasteiger partial charge >= 0.3 is 6.18 Å². The Kier molecular flexibility index (Phi) is 9.77. The summed E-state index contributed by atoms with van der Waals surface area (Å²) in [6.07, 6.45) is 0.0306. The number of alkyl halides is 3. The summed E-state index contributed by atoms with van der Waals surface area (Å²) in [4.78, 5) is 8.52. The highest BCUT2D eigenvalue weighted by atomic mass is 127. The predicted octanol–water partition coefficient (Wildman–Crippen LogP) is 4.08. The molecule has 5 nitrogen and oxygen atoms in total. The van der Waals surface area contributed by atoms with E-state index < -0.39 is 11.7 Å². The highest BCUT2D eigenvalue weighted by Crippen LogP contribution is 2.29. The molecule has 156 valence electrons. The van der Waals surface area contributed by atoms with E-state index in [1.54, 1.807) is 13.2 Å². The van der Waals surface area contributed by atoms with Crippen molar-refractivity contribution in [1.29, 1.82) is 0 Å². The predicted molar refractivity (Wildman–Crippen MR) is 116 cm³/mol. The molecule has 0 aliphatic carbocycles. The molecule has 0 unspecified atom stereocenters. The molecule has 0 amide bonds. The molecule has 0 saturated carbocycles. The van der Waals surface area contributed by atoms with Crippen molar-refractivity contribution in [1.82, 2.24) is 20.2 Å². The summed E-state index contributed by atoms with van der Waals surface area (Å²) in [5.74, 6) is 2.08. The molecule has 9 heteroatoms. The molecule has 0 spiro atoms. The van der Waals surface area contributed by atoms with E-state index in [-0.39, 0.29) is 24.0 Å². The lowest BCUT2D eigenvalue weighted by molar-refractivity contribution is -0.137. The molecule has 2 N–H and O–H groups in total. The Morgan fingerprint density at radius 2 is 1.86 bits per heavy atom. The van der Waals surface area contributed by atoms with Gasteiger partial charge in [-0.25, -0.2) is 4.98 Å². The lowest BCUT2D eigenvalue weighted by atomic mass is 10.1. The van der Waals surface area contributed by atoms with Crippen LogP contribution >= 0.6 is 24.0 Å². The Bertz CT molecular complexity index is 739. The number of nitrogens with one attached hydrogen (secondary N) is 2. The van der Waals surface area contributed by atoms with Gasteiger partial charge in [0.25, 0.3) is 0 Å². The zero-order chi connectivity index (χ0) is 19.9. The number of aliphatic imine (C=N–C) groups is 1. The number of benzene rings is 1. The Morgan fingerprint density at radius 3 is 2.43 bits per heavy atom. The van der Waals surface area contributed by atoms with E-state index in [1.807, 2.05) is 6.20 Å². The molecule has 0 atom stereocenters. The van der Waals surface area contributed by atoms with E-state index in [9.17, 15) is 13.2 Å². The Balaban J connectivity index is 0.00000392. The van der Waals surface area contributed by atoms with E-state index in [0.29, 0.717) is 31.4 Å². The fourth-order valence-electron chi connectivity index (χ4n) is 2.64. The number of imidazole rings is 1. The minimum Gasteiger partial charge on any atom is -0.356 e. The summed E-state index contributed by atoms with van der Waals surface area (Å²) in [5.41, 5.74) is 0.201. The minimum atomic E-state index is -4.30. The van der Waals surface area contributed by atoms with Crippen LogP contribution in [0.15, 0.2) is 41.7 Å². The van der Waals surface area contributed by atoms with E-state index in [0.717, 1.165) is 30.1 Å². The third kappa shape index (κ3) is 7.69. The standard InChI is InChI=1S/C19H26F3N5.HI/c1-14(2)13-27-11-10-24-17(27)12-26-18(23-3)25-9-8-15-4-6-16(7-5-15)19(20,21)22;/h4-7,10-11,14H,8-9,12-13H2,1-3H3,(H2,23,25,26);1H. The molecule has 2 rings (SSSR count). The van der Waals surface area contributed by atoms with Gasteiger partial charge in [0.15, 0.2) is 5.96 Å². The summed E-state index contributed by atoms with van der Waals surface area (Å²) in [5, 5.41) is 6.37. The van der Waals surface area contributed by atoms with Crippen molar-refractivity contribution in [2.24, 2.45) is 10.9 Å². The number of nitrogens with zero attached hydrogens (tertiary/aromatic N) is 3. The summed E-state index contributed by atoms with van der Waals surface area (Å²) < 4.78 is 39.8. The van der Waals surface area contributed by atoms with Gasteiger partial charge in [0, 0.05) is 32.5 Å². The van der Waals surface area contributed by atoms with Gasteiger partial charge in [-0.15, -0.1) is 24.0 Å². The topological polar surface area (TPSA) is 54.2 Å². The number of hydrogen-bond acceptors (Lipinski definition) is 2. The second kappa shape index (κ2) is 11.3. The van der Waals surface area contributed by atoms with Crippen molar-refractivity contribution in [3.05, 3.63) is 53.6 Å². The second-order valence-corrected chi connectivity index (χ2v) is 6.69. The van der Waals surface area contributed by atoms with Crippen LogP contribution in [0.5, 0.6) is 0 Å². The van der Waals surface area contributed by atoms with Crippen LogP contribution < -0.4 is 10.6 Å². The average Bonchev–Trinajstić information content (AvgIpc) is 3.04. The van der Waals surface area contributed by atoms with Crippen molar-refractivity contribution in [2.45, 2.75) is 39.5 Å². The summed E-state index contributed by atoms with van der Waals surface area (Å²) in [6, 6.07) is 5.22. The van der Waals surface area contributed by atoms with Crippen molar-refractivity contribution in [3.8, 4) is 0 Å². The van der Waals surface area contributed by atoms with Crippen LogP contribution in [0.25, 0.3) is 0 Å². The number of guanidine groups is 1. The number of aromatic nitrogens is 2. The SMILES string of the molecule is CN=C(NCCc1ccc(C(F)(F)F)cc1)NCc1nccn1CC(C)C.I. The number of rotatable bonds is 7. The van der Waals surface area contributed by atoms with Gasteiger partial charge in [-0.3, -0.25) is 4.99 Å². The first-order chi connectivity index (χ1) is 12.8. The first-order valence-electron chi connectivity index (χ1n) is 8.90. The smallest absolute Gasteiger partial charge is 0.356 e. The Hall–Kier alpha value is -1.78. The maximum atomic E-state index is 12.6. The summed E-state index contributed by atoms with van der Waals surface area (Å²) in [7, 11) is 1.67. The molecular formula is C19H27F3IN5. The molecule has 0 bridgehead atoms. The van der Waals surface area contributed by atoms with E-state index in [4.69, 9.17) is 0 Å². The first kappa shape index (κ1) is 24.3. The van der Waals surface area contributed by atoms with Gasteiger partial charge in [0.2, 0.25) is 0 Å². The number of halogens is 4. The molecule has 0 fully saturated rings. The lowest BCUT2D eigenvalue weighted by Crippen LogP contribution is -2.38. The highest BCUT2D eigenvalue weighted by Gasteiger charge is 2.29. The summed E-state index contributed by atoms with van der Waals surface area (Å²) in [6.45, 7) is 6.31. The third-order valence-electron chi connectivity index (χ3n) is 3.99. The Morgan fingerprint density at radius 1 is 1.18 bits per heavy atom. The Labute approximate surface area is 180 Å². The maximum absolute atomic E-state index is 12.6. The molecule has 1 heterocycles. The monoisotopic (exact) mass is 509 g/mol. The van der Waals surface area contributed by atoms with Crippen LogP contribution in [0.3, 0.4) is 0 Å².